The molecule has 0 aromatic carbocycles. The van der Waals surface area contributed by atoms with Gasteiger partial charge in [0.25, 0.3) is 0 Å². The number of hydrogen-bond acceptors (Lipinski definition) is 3. The van der Waals surface area contributed by atoms with E-state index in [9.17, 15) is 0 Å². The minimum atomic E-state index is -0.116. The van der Waals surface area contributed by atoms with E-state index in [-0.39, 0.29) is 10.7 Å². The van der Waals surface area contributed by atoms with Crippen molar-refractivity contribution in [3.63, 3.8) is 0 Å². The van der Waals surface area contributed by atoms with Crippen LogP contribution in [0.15, 0.2) is 5.10 Å². The van der Waals surface area contributed by atoms with Crippen LogP contribution in [-0.2, 0) is 4.74 Å². The van der Waals surface area contributed by atoms with Crippen molar-refractivity contribution in [1.82, 2.24) is 5.43 Å². The molecule has 1 aliphatic heterocycles. The molecule has 0 aromatic rings. The predicted molar refractivity (Wildman–Crippen MR) is 56.6 cm³/mol. The lowest BCUT2D eigenvalue weighted by molar-refractivity contribution is -0.0200. The van der Waals surface area contributed by atoms with E-state index in [1.807, 2.05) is 13.8 Å². The second kappa shape index (κ2) is 4.02. The van der Waals surface area contributed by atoms with Gasteiger partial charge in [-0.25, -0.2) is 0 Å². The lowest BCUT2D eigenvalue weighted by Crippen LogP contribution is -2.36. The fourth-order valence-electron chi connectivity index (χ4n) is 1.31. The second-order valence-electron chi connectivity index (χ2n) is 3.69. The molecule has 0 aliphatic carbocycles. The molecule has 1 saturated heterocycles. The number of nitrogens with one attached hydrogen (secondary N) is 1. The lowest BCUT2D eigenvalue weighted by Gasteiger charge is -2.30. The van der Waals surface area contributed by atoms with Crippen molar-refractivity contribution in [2.45, 2.75) is 32.3 Å². The number of thiocarbonyl (C=S) groups is 1. The van der Waals surface area contributed by atoms with Gasteiger partial charge in [-0.2, -0.15) is 5.10 Å². The van der Waals surface area contributed by atoms with Crippen molar-refractivity contribution in [3.05, 3.63) is 0 Å². The highest BCUT2D eigenvalue weighted by Gasteiger charge is 2.25. The van der Waals surface area contributed by atoms with Crippen molar-refractivity contribution < 1.29 is 4.74 Å². The first-order chi connectivity index (χ1) is 5.99. The third kappa shape index (κ3) is 3.69. The highest BCUT2D eigenvalue weighted by atomic mass is 32.1. The first kappa shape index (κ1) is 10.4. The summed E-state index contributed by atoms with van der Waals surface area (Å²) in [7, 11) is 0. The van der Waals surface area contributed by atoms with Crippen LogP contribution in [0.3, 0.4) is 0 Å². The normalized spacial score (nSPS) is 24.3. The van der Waals surface area contributed by atoms with Gasteiger partial charge in [-0.15, -0.1) is 0 Å². The van der Waals surface area contributed by atoms with Gasteiger partial charge in [-0.3, -0.25) is 5.43 Å². The summed E-state index contributed by atoms with van der Waals surface area (Å²) in [6.07, 6.45) is 1.67. The highest BCUT2D eigenvalue weighted by Crippen LogP contribution is 2.21. The quantitative estimate of drug-likeness (QED) is 0.486. The topological polar surface area (TPSA) is 59.6 Å². The molecule has 13 heavy (non-hydrogen) atoms. The Kier molecular flexibility index (Phi) is 3.22. The molecular weight excluding hydrogens is 186 g/mol. The van der Waals surface area contributed by atoms with Gasteiger partial charge >= 0.3 is 0 Å². The Morgan fingerprint density at radius 2 is 2.38 bits per heavy atom. The molecule has 4 nitrogen and oxygen atoms in total. The standard InChI is InChI=1S/C8H15N3OS/c1-8(2)5-6(3-4-12-8)10-11-7(9)13/h3-5H2,1-2H3,(H3,9,11,13). The number of hydrogen-bond donors (Lipinski definition) is 2. The minimum absolute atomic E-state index is 0.116. The Balaban J connectivity index is 2.51. The fourth-order valence-corrected chi connectivity index (χ4v) is 1.35. The molecule has 3 N–H and O–H groups in total. The molecule has 74 valence electrons. The molecule has 0 unspecified atom stereocenters. The fraction of sp³-hybridized carbons (Fsp3) is 0.750. The summed E-state index contributed by atoms with van der Waals surface area (Å²) in [6, 6.07) is 0. The zero-order chi connectivity index (χ0) is 9.90. The molecule has 1 fully saturated rings. The second-order valence-corrected chi connectivity index (χ2v) is 4.13. The van der Waals surface area contributed by atoms with Gasteiger partial charge in [0.1, 0.15) is 0 Å². The Morgan fingerprint density at radius 1 is 1.69 bits per heavy atom. The smallest absolute Gasteiger partial charge is 0.184 e. The van der Waals surface area contributed by atoms with E-state index in [0.717, 1.165) is 18.6 Å². The molecular formula is C8H15N3OS. The van der Waals surface area contributed by atoms with Crippen molar-refractivity contribution in [2.75, 3.05) is 6.61 Å². The first-order valence-corrected chi connectivity index (χ1v) is 4.65. The Bertz CT molecular complexity index is 238. The Hall–Kier alpha value is -0.680. The third-order valence-corrected chi connectivity index (χ3v) is 1.93. The molecule has 0 amide bonds. The van der Waals surface area contributed by atoms with Crippen LogP contribution in [0.2, 0.25) is 0 Å². The maximum Gasteiger partial charge on any atom is 0.184 e. The van der Waals surface area contributed by atoms with Crippen LogP contribution in [-0.4, -0.2) is 23.0 Å². The zero-order valence-corrected chi connectivity index (χ0v) is 8.78. The van der Waals surface area contributed by atoms with E-state index in [1.54, 1.807) is 0 Å². The zero-order valence-electron chi connectivity index (χ0n) is 7.96. The van der Waals surface area contributed by atoms with Crippen LogP contribution >= 0.6 is 12.2 Å². The Morgan fingerprint density at radius 3 is 2.92 bits per heavy atom. The summed E-state index contributed by atoms with van der Waals surface area (Å²) in [5.41, 5.74) is 8.80. The molecule has 5 heteroatoms. The highest BCUT2D eigenvalue weighted by molar-refractivity contribution is 7.80. The summed E-state index contributed by atoms with van der Waals surface area (Å²) in [6.45, 7) is 4.80. The van der Waals surface area contributed by atoms with E-state index < -0.39 is 0 Å². The lowest BCUT2D eigenvalue weighted by atomic mass is 9.97. The van der Waals surface area contributed by atoms with Gasteiger partial charge in [-0.05, 0) is 26.1 Å². The number of hydrazone groups is 1. The van der Waals surface area contributed by atoms with Crippen molar-refractivity contribution in [3.8, 4) is 0 Å². The van der Waals surface area contributed by atoms with E-state index in [0.29, 0.717) is 6.61 Å². The van der Waals surface area contributed by atoms with Gasteiger partial charge < -0.3 is 10.5 Å². The van der Waals surface area contributed by atoms with Crippen LogP contribution in [0.1, 0.15) is 26.7 Å². The first-order valence-electron chi connectivity index (χ1n) is 4.24. The molecule has 0 bridgehead atoms. The van der Waals surface area contributed by atoms with Crippen LogP contribution in [0, 0.1) is 0 Å². The average molecular weight is 201 g/mol. The maximum atomic E-state index is 5.53. The number of ether oxygens (including phenoxy) is 1. The van der Waals surface area contributed by atoms with Crippen molar-refractivity contribution in [1.29, 1.82) is 0 Å². The molecule has 1 rings (SSSR count). The minimum Gasteiger partial charge on any atom is -0.375 e. The van der Waals surface area contributed by atoms with Crippen molar-refractivity contribution in [2.24, 2.45) is 10.8 Å². The van der Waals surface area contributed by atoms with E-state index >= 15 is 0 Å². The van der Waals surface area contributed by atoms with Gasteiger partial charge in [0.15, 0.2) is 5.11 Å². The largest absolute Gasteiger partial charge is 0.375 e. The van der Waals surface area contributed by atoms with Crippen LogP contribution in [0.25, 0.3) is 0 Å². The van der Waals surface area contributed by atoms with Crippen LogP contribution in [0.5, 0.6) is 0 Å². The van der Waals surface area contributed by atoms with E-state index in [2.05, 4.69) is 22.7 Å². The number of rotatable bonds is 1. The monoisotopic (exact) mass is 201 g/mol. The van der Waals surface area contributed by atoms with Gasteiger partial charge in [-0.1, -0.05) is 0 Å². The SMILES string of the molecule is CC1(C)CC(=NNC(N)=S)CCO1. The summed E-state index contributed by atoms with van der Waals surface area (Å²) in [5.74, 6) is 0. The molecule has 0 aromatic heterocycles. The van der Waals surface area contributed by atoms with Crippen molar-refractivity contribution >= 4 is 23.0 Å². The molecule has 0 spiro atoms. The summed E-state index contributed by atoms with van der Waals surface area (Å²) in [4.78, 5) is 0. The summed E-state index contributed by atoms with van der Waals surface area (Å²) < 4.78 is 5.53. The maximum absolute atomic E-state index is 5.53. The molecule has 0 atom stereocenters. The van der Waals surface area contributed by atoms with Gasteiger partial charge in [0, 0.05) is 18.6 Å². The molecule has 0 saturated carbocycles. The predicted octanol–water partition coefficient (Wildman–Crippen LogP) is 0.765. The van der Waals surface area contributed by atoms with Gasteiger partial charge in [0.2, 0.25) is 0 Å². The molecule has 1 aliphatic rings. The molecule has 1 heterocycles. The van der Waals surface area contributed by atoms with Crippen LogP contribution < -0.4 is 11.2 Å². The Labute approximate surface area is 83.5 Å². The van der Waals surface area contributed by atoms with Gasteiger partial charge in [0.05, 0.1) is 12.2 Å². The summed E-state index contributed by atoms with van der Waals surface area (Å²) in [5, 5.41) is 4.30. The number of nitrogens with zero attached hydrogens (tertiary/aromatic N) is 1. The average Bonchev–Trinajstić information content (AvgIpc) is 1.99. The van der Waals surface area contributed by atoms with E-state index in [4.69, 9.17) is 10.5 Å². The third-order valence-electron chi connectivity index (χ3n) is 1.84. The number of nitrogens with two attached hydrogens (primary N) is 1. The summed E-state index contributed by atoms with van der Waals surface area (Å²) >= 11 is 4.65. The van der Waals surface area contributed by atoms with Crippen LogP contribution in [0.4, 0.5) is 0 Å². The van der Waals surface area contributed by atoms with E-state index in [1.165, 1.54) is 0 Å². The molecule has 0 radical (unpaired) electrons.